The minimum absolute atomic E-state index is 0.0647. The smallest absolute Gasteiger partial charge is 0.251 e. The first kappa shape index (κ1) is 28.3. The summed E-state index contributed by atoms with van der Waals surface area (Å²) in [5, 5.41) is 12.2. The number of carbonyl (C=O) groups excluding carboxylic acids is 2. The van der Waals surface area contributed by atoms with Crippen molar-refractivity contribution in [1.29, 1.82) is 0 Å². The van der Waals surface area contributed by atoms with Crippen molar-refractivity contribution >= 4 is 23.3 Å². The van der Waals surface area contributed by atoms with Gasteiger partial charge in [-0.2, -0.15) is 0 Å². The van der Waals surface area contributed by atoms with Gasteiger partial charge < -0.3 is 21.7 Å². The predicted molar refractivity (Wildman–Crippen MR) is 149 cm³/mol. The van der Waals surface area contributed by atoms with Gasteiger partial charge in [0.1, 0.15) is 5.82 Å². The Kier molecular flexibility index (Phi) is 9.53. The van der Waals surface area contributed by atoms with E-state index in [-0.39, 0.29) is 29.3 Å². The largest absolute Gasteiger partial charge is 0.382 e. The molecule has 0 saturated carbocycles. The van der Waals surface area contributed by atoms with Gasteiger partial charge >= 0.3 is 0 Å². The lowest BCUT2D eigenvalue weighted by Crippen LogP contribution is -2.40. The van der Waals surface area contributed by atoms with Crippen LogP contribution in [0.2, 0.25) is 0 Å². The number of hydrogen-bond acceptors (Lipinski definition) is 6. The fourth-order valence-corrected chi connectivity index (χ4v) is 4.02. The van der Waals surface area contributed by atoms with Gasteiger partial charge in [0.05, 0.1) is 11.6 Å². The number of nitrogens with one attached hydrogen (secondary N) is 4. The second kappa shape index (κ2) is 12.8. The van der Waals surface area contributed by atoms with Crippen molar-refractivity contribution in [2.24, 2.45) is 16.7 Å². The van der Waals surface area contributed by atoms with Gasteiger partial charge in [0, 0.05) is 17.3 Å². The second-order valence-corrected chi connectivity index (χ2v) is 9.21. The third kappa shape index (κ3) is 7.15. The summed E-state index contributed by atoms with van der Waals surface area (Å²) >= 11 is 0. The maximum absolute atomic E-state index is 14.4. The van der Waals surface area contributed by atoms with Crippen LogP contribution in [0.4, 0.5) is 10.1 Å². The maximum Gasteiger partial charge on any atom is 0.251 e. The molecule has 0 aliphatic rings. The van der Waals surface area contributed by atoms with Crippen LogP contribution in [0, 0.1) is 12.7 Å². The van der Waals surface area contributed by atoms with Gasteiger partial charge in [0.15, 0.2) is 5.84 Å². The summed E-state index contributed by atoms with van der Waals surface area (Å²) in [6.45, 7) is 5.83. The van der Waals surface area contributed by atoms with Crippen molar-refractivity contribution in [2.75, 3.05) is 12.4 Å². The summed E-state index contributed by atoms with van der Waals surface area (Å²) in [6.07, 6.45) is 0.429. The molecule has 0 fully saturated rings. The summed E-state index contributed by atoms with van der Waals surface area (Å²) in [5.41, 5.74) is 12.6. The van der Waals surface area contributed by atoms with E-state index < -0.39 is 11.9 Å². The van der Waals surface area contributed by atoms with E-state index in [1.165, 1.54) is 18.2 Å². The fourth-order valence-electron chi connectivity index (χ4n) is 4.02. The minimum atomic E-state index is -0.639. The molecule has 9 nitrogen and oxygen atoms in total. The van der Waals surface area contributed by atoms with E-state index in [4.69, 9.17) is 11.6 Å². The van der Waals surface area contributed by atoms with E-state index in [2.05, 4.69) is 21.1 Å². The molecule has 8 N–H and O–H groups in total. The second-order valence-electron chi connectivity index (χ2n) is 9.21. The molecular formula is C28H34FN7O2. The summed E-state index contributed by atoms with van der Waals surface area (Å²) < 4.78 is 14.4. The number of amidine groups is 1. The lowest BCUT2D eigenvalue weighted by molar-refractivity contribution is -0.118. The number of halogens is 1. The highest BCUT2D eigenvalue weighted by atomic mass is 19.1. The molecule has 38 heavy (non-hydrogen) atoms. The molecule has 0 heterocycles. The molecule has 0 saturated heterocycles. The summed E-state index contributed by atoms with van der Waals surface area (Å²) in [4.78, 5) is 25.2. The zero-order chi connectivity index (χ0) is 27.8. The molecule has 1 atom stereocenters. The van der Waals surface area contributed by atoms with E-state index in [9.17, 15) is 14.0 Å². The Hall–Kier alpha value is -4.28. The number of hydrazine groups is 1. The fraction of sp³-hybridized carbons (Fsp3) is 0.250. The zero-order valence-electron chi connectivity index (χ0n) is 21.9. The Bertz CT molecular complexity index is 1320. The number of nitrogens with two attached hydrogens (primary N) is 2. The number of carbonyl (C=O) groups is 2. The van der Waals surface area contributed by atoms with E-state index in [1.54, 1.807) is 7.05 Å². The van der Waals surface area contributed by atoms with Crippen LogP contribution in [0.15, 0.2) is 65.8 Å². The first-order valence-corrected chi connectivity index (χ1v) is 12.2. The van der Waals surface area contributed by atoms with Crippen LogP contribution in [-0.2, 0) is 11.2 Å². The number of hydrazone groups is 1. The monoisotopic (exact) mass is 519 g/mol. The third-order valence-electron chi connectivity index (χ3n) is 5.98. The number of likely N-dealkylation sites (N-methyl/N-ethyl adjacent to an activating group) is 1. The number of rotatable bonds is 10. The minimum Gasteiger partial charge on any atom is -0.382 e. The Labute approximate surface area is 221 Å². The van der Waals surface area contributed by atoms with Crippen LogP contribution in [0.25, 0.3) is 11.1 Å². The molecule has 3 aromatic carbocycles. The lowest BCUT2D eigenvalue weighted by Gasteiger charge is -2.17. The van der Waals surface area contributed by atoms with Gasteiger partial charge in [0.2, 0.25) is 5.91 Å². The van der Waals surface area contributed by atoms with Crippen molar-refractivity contribution in [3.63, 3.8) is 0 Å². The van der Waals surface area contributed by atoms with E-state index >= 15 is 0 Å². The first-order valence-electron chi connectivity index (χ1n) is 12.2. The lowest BCUT2D eigenvalue weighted by atomic mass is 9.96. The van der Waals surface area contributed by atoms with Gasteiger partial charge in [-0.3, -0.25) is 9.59 Å². The SMILES string of the molecule is CN[C@@H](Cc1ccc(-c2ccc(C(=O)NC(C)C)cc2C)cc1)C(=O)Nc1ccc(/C(N)=N/NN)c(F)c1. The Morgan fingerprint density at radius 3 is 2.32 bits per heavy atom. The van der Waals surface area contributed by atoms with Crippen molar-refractivity contribution in [3.05, 3.63) is 88.7 Å². The number of aryl methyl sites for hydroxylation is 1. The molecule has 0 bridgehead atoms. The van der Waals surface area contributed by atoms with E-state index in [0.29, 0.717) is 17.7 Å². The van der Waals surface area contributed by atoms with Crippen LogP contribution in [0.5, 0.6) is 0 Å². The Balaban J connectivity index is 1.68. The van der Waals surface area contributed by atoms with Crippen molar-refractivity contribution in [3.8, 4) is 11.1 Å². The molecule has 2 amide bonds. The average Bonchev–Trinajstić information content (AvgIpc) is 2.87. The average molecular weight is 520 g/mol. The quantitative estimate of drug-likeness (QED) is 0.105. The highest BCUT2D eigenvalue weighted by Gasteiger charge is 2.18. The zero-order valence-corrected chi connectivity index (χ0v) is 21.9. The topological polar surface area (TPSA) is 147 Å². The molecule has 0 radical (unpaired) electrons. The third-order valence-corrected chi connectivity index (χ3v) is 5.98. The number of nitrogens with zero attached hydrogens (tertiary/aromatic N) is 1. The Morgan fingerprint density at radius 2 is 1.74 bits per heavy atom. The summed E-state index contributed by atoms with van der Waals surface area (Å²) in [6, 6.07) is 17.2. The summed E-state index contributed by atoms with van der Waals surface area (Å²) in [5.74, 6) is 3.93. The molecule has 0 spiro atoms. The van der Waals surface area contributed by atoms with Gasteiger partial charge in [-0.05, 0) is 86.8 Å². The number of anilines is 1. The molecule has 0 unspecified atom stereocenters. The van der Waals surface area contributed by atoms with E-state index in [0.717, 1.165) is 22.3 Å². The number of benzene rings is 3. The maximum atomic E-state index is 14.4. The standard InChI is InChI=1S/C28H34FN7O2/c1-16(2)33-27(37)20-9-11-22(17(3)13-20)19-7-5-18(6-8-19)14-25(32-4)28(38)34-21-10-12-23(24(29)15-21)26(30)35-36-31/h5-13,15-16,25,32,36H,14,31H2,1-4H3,(H2,30,35)(H,33,37)(H,34,38)/t25-/m0/s1. The van der Waals surface area contributed by atoms with Crippen LogP contribution in [0.3, 0.4) is 0 Å². The molecule has 10 heteroatoms. The normalized spacial score (nSPS) is 12.2. The van der Waals surface area contributed by atoms with Crippen LogP contribution in [-0.4, -0.2) is 36.8 Å². The van der Waals surface area contributed by atoms with Crippen LogP contribution >= 0.6 is 0 Å². The van der Waals surface area contributed by atoms with E-state index in [1.807, 2.05) is 68.8 Å². The van der Waals surface area contributed by atoms with Gasteiger partial charge in [-0.1, -0.05) is 30.3 Å². The number of hydrogen-bond donors (Lipinski definition) is 6. The van der Waals surface area contributed by atoms with Gasteiger partial charge in [-0.25, -0.2) is 15.8 Å². The number of amides is 2. The highest BCUT2D eigenvalue weighted by molar-refractivity contribution is 5.99. The van der Waals surface area contributed by atoms with Gasteiger partial charge in [-0.15, -0.1) is 5.10 Å². The molecule has 3 rings (SSSR count). The van der Waals surface area contributed by atoms with Crippen molar-refractivity contribution in [2.45, 2.75) is 39.3 Å². The molecule has 0 aromatic heterocycles. The molecule has 200 valence electrons. The molecule has 0 aliphatic carbocycles. The predicted octanol–water partition coefficient (Wildman–Crippen LogP) is 2.79. The first-order chi connectivity index (χ1) is 18.1. The van der Waals surface area contributed by atoms with Crippen molar-refractivity contribution < 1.29 is 14.0 Å². The Morgan fingerprint density at radius 1 is 1.03 bits per heavy atom. The molecule has 0 aliphatic heterocycles. The molecule has 3 aromatic rings. The van der Waals surface area contributed by atoms with Crippen molar-refractivity contribution in [1.82, 2.24) is 16.2 Å². The van der Waals surface area contributed by atoms with Crippen LogP contribution in [0.1, 0.15) is 40.9 Å². The van der Waals surface area contributed by atoms with Gasteiger partial charge in [0.25, 0.3) is 5.91 Å². The van der Waals surface area contributed by atoms with Crippen LogP contribution < -0.4 is 33.1 Å². The summed E-state index contributed by atoms with van der Waals surface area (Å²) in [7, 11) is 1.69. The molecular weight excluding hydrogens is 485 g/mol. The highest BCUT2D eigenvalue weighted by Crippen LogP contribution is 2.25.